The van der Waals surface area contributed by atoms with Gasteiger partial charge in [0.2, 0.25) is 5.91 Å². The molecule has 1 aromatic carbocycles. The predicted molar refractivity (Wildman–Crippen MR) is 84.6 cm³/mol. The number of hydrogen-bond acceptors (Lipinski definition) is 2. The minimum atomic E-state index is -0.0915. The van der Waals surface area contributed by atoms with Crippen LogP contribution >= 0.6 is 12.4 Å². The average molecular weight is 295 g/mol. The summed E-state index contributed by atoms with van der Waals surface area (Å²) in [6.45, 7) is 4.92. The minimum Gasteiger partial charge on any atom is -0.317 e. The molecule has 2 heterocycles. The Morgan fingerprint density at radius 2 is 1.85 bits per heavy atom. The fraction of sp³-hybridized carbons (Fsp3) is 0.562. The molecule has 0 bridgehead atoms. The molecule has 0 saturated carbocycles. The van der Waals surface area contributed by atoms with Gasteiger partial charge >= 0.3 is 0 Å². The molecule has 0 aromatic heterocycles. The van der Waals surface area contributed by atoms with Gasteiger partial charge in [-0.05, 0) is 57.3 Å². The number of nitrogens with one attached hydrogen (secondary N) is 1. The van der Waals surface area contributed by atoms with Crippen LogP contribution in [0.2, 0.25) is 0 Å². The maximum atomic E-state index is 13.0. The van der Waals surface area contributed by atoms with E-state index in [1.807, 2.05) is 17.0 Å². The molecule has 1 N–H and O–H groups in total. The lowest BCUT2D eigenvalue weighted by Crippen LogP contribution is -2.53. The van der Waals surface area contributed by atoms with Gasteiger partial charge in [-0.1, -0.05) is 18.2 Å². The number of aryl methyl sites for hydroxylation is 1. The van der Waals surface area contributed by atoms with Crippen molar-refractivity contribution in [3.63, 3.8) is 0 Å². The molecule has 110 valence electrons. The Labute approximate surface area is 127 Å². The van der Waals surface area contributed by atoms with E-state index in [0.717, 1.165) is 51.0 Å². The minimum absolute atomic E-state index is 0. The van der Waals surface area contributed by atoms with Gasteiger partial charge in [-0.3, -0.25) is 4.79 Å². The third-order valence-electron chi connectivity index (χ3n) is 4.70. The summed E-state index contributed by atoms with van der Waals surface area (Å²) in [7, 11) is 0. The Balaban J connectivity index is 0.00000147. The fourth-order valence-corrected chi connectivity index (χ4v) is 3.54. The van der Waals surface area contributed by atoms with E-state index in [9.17, 15) is 4.79 Å². The second kappa shape index (κ2) is 6.15. The summed E-state index contributed by atoms with van der Waals surface area (Å²) in [5.74, 6) is 0.356. The first-order chi connectivity index (χ1) is 9.23. The number of nitrogens with zero attached hydrogens (tertiary/aromatic N) is 1. The first kappa shape index (κ1) is 15.3. The first-order valence-electron chi connectivity index (χ1n) is 7.31. The Bertz CT molecular complexity index is 478. The molecule has 0 atom stereocenters. The SMILES string of the molecule is Cc1ccccc1N1CCCC2(CCNCC2)C1=O.Cl. The Hall–Kier alpha value is -1.06. The molecule has 3 nitrogen and oxygen atoms in total. The largest absolute Gasteiger partial charge is 0.317 e. The van der Waals surface area contributed by atoms with Crippen molar-refractivity contribution in [2.75, 3.05) is 24.5 Å². The van der Waals surface area contributed by atoms with Crippen molar-refractivity contribution in [1.82, 2.24) is 5.32 Å². The molecule has 20 heavy (non-hydrogen) atoms. The van der Waals surface area contributed by atoms with Gasteiger partial charge < -0.3 is 10.2 Å². The van der Waals surface area contributed by atoms with E-state index >= 15 is 0 Å². The van der Waals surface area contributed by atoms with Crippen LogP contribution < -0.4 is 10.2 Å². The average Bonchev–Trinajstić information content (AvgIpc) is 2.44. The van der Waals surface area contributed by atoms with E-state index in [1.165, 1.54) is 5.56 Å². The van der Waals surface area contributed by atoms with Crippen molar-refractivity contribution in [1.29, 1.82) is 0 Å². The molecular weight excluding hydrogens is 272 g/mol. The molecule has 4 heteroatoms. The number of benzene rings is 1. The lowest BCUT2D eigenvalue weighted by Gasteiger charge is -2.44. The highest BCUT2D eigenvalue weighted by Gasteiger charge is 2.44. The highest BCUT2D eigenvalue weighted by molar-refractivity contribution is 5.99. The summed E-state index contributed by atoms with van der Waals surface area (Å²) in [6, 6.07) is 8.23. The summed E-state index contributed by atoms with van der Waals surface area (Å²) in [5.41, 5.74) is 2.21. The number of anilines is 1. The van der Waals surface area contributed by atoms with E-state index in [4.69, 9.17) is 0 Å². The molecule has 0 aliphatic carbocycles. The van der Waals surface area contributed by atoms with Crippen LogP contribution in [0, 0.1) is 12.3 Å². The molecule has 2 aliphatic rings. The zero-order valence-electron chi connectivity index (χ0n) is 12.0. The van der Waals surface area contributed by atoms with Crippen LogP contribution in [0.15, 0.2) is 24.3 Å². The molecule has 1 spiro atoms. The highest BCUT2D eigenvalue weighted by atomic mass is 35.5. The predicted octanol–water partition coefficient (Wildman–Crippen LogP) is 2.91. The van der Waals surface area contributed by atoms with Crippen molar-refractivity contribution in [3.05, 3.63) is 29.8 Å². The second-order valence-electron chi connectivity index (χ2n) is 5.88. The van der Waals surface area contributed by atoms with E-state index in [0.29, 0.717) is 5.91 Å². The highest BCUT2D eigenvalue weighted by Crippen LogP contribution is 2.41. The van der Waals surface area contributed by atoms with E-state index in [2.05, 4.69) is 24.4 Å². The lowest BCUT2D eigenvalue weighted by atomic mass is 9.72. The third kappa shape index (κ3) is 2.57. The van der Waals surface area contributed by atoms with Gasteiger partial charge in [-0.15, -0.1) is 12.4 Å². The van der Waals surface area contributed by atoms with Crippen LogP contribution in [0.4, 0.5) is 5.69 Å². The number of halogens is 1. The van der Waals surface area contributed by atoms with E-state index in [1.54, 1.807) is 0 Å². The van der Waals surface area contributed by atoms with Crippen LogP contribution in [-0.4, -0.2) is 25.5 Å². The van der Waals surface area contributed by atoms with Crippen LogP contribution in [0.3, 0.4) is 0 Å². The van der Waals surface area contributed by atoms with E-state index < -0.39 is 0 Å². The van der Waals surface area contributed by atoms with Gasteiger partial charge in [-0.25, -0.2) is 0 Å². The normalized spacial score (nSPS) is 21.6. The fourth-order valence-electron chi connectivity index (χ4n) is 3.54. The molecule has 2 aliphatic heterocycles. The number of carbonyl (C=O) groups excluding carboxylic acids is 1. The lowest BCUT2D eigenvalue weighted by molar-refractivity contribution is -0.132. The van der Waals surface area contributed by atoms with Crippen LogP contribution in [0.1, 0.15) is 31.2 Å². The monoisotopic (exact) mass is 294 g/mol. The van der Waals surface area contributed by atoms with Gasteiger partial charge in [0.1, 0.15) is 0 Å². The summed E-state index contributed by atoms with van der Waals surface area (Å²) in [5, 5.41) is 3.37. The summed E-state index contributed by atoms with van der Waals surface area (Å²) in [6.07, 6.45) is 4.18. The number of piperidine rings is 2. The topological polar surface area (TPSA) is 32.3 Å². The van der Waals surface area contributed by atoms with Crippen molar-refractivity contribution in [2.24, 2.45) is 5.41 Å². The van der Waals surface area contributed by atoms with Crippen molar-refractivity contribution >= 4 is 24.0 Å². The van der Waals surface area contributed by atoms with Crippen LogP contribution in [0.25, 0.3) is 0 Å². The Morgan fingerprint density at radius 3 is 2.55 bits per heavy atom. The van der Waals surface area contributed by atoms with Gasteiger partial charge in [0.05, 0.1) is 5.41 Å². The summed E-state index contributed by atoms with van der Waals surface area (Å²) < 4.78 is 0. The van der Waals surface area contributed by atoms with Crippen LogP contribution in [0.5, 0.6) is 0 Å². The zero-order chi connectivity index (χ0) is 13.3. The summed E-state index contributed by atoms with van der Waals surface area (Å²) >= 11 is 0. The first-order valence-corrected chi connectivity index (χ1v) is 7.31. The molecule has 3 rings (SSSR count). The Morgan fingerprint density at radius 1 is 1.15 bits per heavy atom. The van der Waals surface area contributed by atoms with Gasteiger partial charge in [0.25, 0.3) is 0 Å². The quantitative estimate of drug-likeness (QED) is 0.864. The molecule has 0 radical (unpaired) electrons. The molecular formula is C16H23ClN2O. The number of amides is 1. The van der Waals surface area contributed by atoms with Gasteiger partial charge in [0, 0.05) is 12.2 Å². The smallest absolute Gasteiger partial charge is 0.233 e. The Kier molecular flexibility index (Phi) is 4.71. The summed E-state index contributed by atoms with van der Waals surface area (Å²) in [4.78, 5) is 15.0. The second-order valence-corrected chi connectivity index (χ2v) is 5.88. The number of hydrogen-bond donors (Lipinski definition) is 1. The molecule has 2 saturated heterocycles. The molecule has 2 fully saturated rings. The standard InChI is InChI=1S/C16H22N2O.ClH/c1-13-5-2-3-6-14(13)18-12-4-7-16(15(18)19)8-10-17-11-9-16;/h2-3,5-6,17H,4,7-12H2,1H3;1H. The van der Waals surface area contributed by atoms with Gasteiger partial charge in [-0.2, -0.15) is 0 Å². The number of carbonyl (C=O) groups is 1. The van der Waals surface area contributed by atoms with Crippen molar-refractivity contribution < 1.29 is 4.79 Å². The number of para-hydroxylation sites is 1. The molecule has 1 aromatic rings. The van der Waals surface area contributed by atoms with Crippen LogP contribution in [-0.2, 0) is 4.79 Å². The van der Waals surface area contributed by atoms with Gasteiger partial charge in [0.15, 0.2) is 0 Å². The number of rotatable bonds is 1. The molecule has 1 amide bonds. The van der Waals surface area contributed by atoms with Crippen molar-refractivity contribution in [3.8, 4) is 0 Å². The van der Waals surface area contributed by atoms with Crippen molar-refractivity contribution in [2.45, 2.75) is 32.6 Å². The zero-order valence-corrected chi connectivity index (χ0v) is 12.8. The molecule has 0 unspecified atom stereocenters. The maximum Gasteiger partial charge on any atom is 0.233 e. The maximum absolute atomic E-state index is 13.0. The van der Waals surface area contributed by atoms with E-state index in [-0.39, 0.29) is 17.8 Å². The third-order valence-corrected chi connectivity index (χ3v) is 4.70.